The molecule has 0 aliphatic heterocycles. The fourth-order valence-electron chi connectivity index (χ4n) is 2.02. The standard InChI is InChI=1S/C14H14ClFN2S/c1-3-11-8(2)17-13(18-14(11)19)6-9-4-5-10(16)7-12(9)15/h4-5,7H,3,6H2,1-2H3,(H,17,18,19). The first-order valence-corrected chi connectivity index (χ1v) is 6.82. The Morgan fingerprint density at radius 2 is 2.16 bits per heavy atom. The van der Waals surface area contributed by atoms with Gasteiger partial charge in [-0.1, -0.05) is 36.8 Å². The quantitative estimate of drug-likeness (QED) is 0.851. The SMILES string of the molecule is CCc1c(C)[nH]c(Cc2ccc(F)cc2Cl)nc1=S. The lowest BCUT2D eigenvalue weighted by molar-refractivity contribution is 0.627. The number of hydrogen-bond donors (Lipinski definition) is 1. The molecule has 100 valence electrons. The van der Waals surface area contributed by atoms with Crippen molar-refractivity contribution in [1.29, 1.82) is 0 Å². The van der Waals surface area contributed by atoms with Crippen molar-refractivity contribution in [2.24, 2.45) is 0 Å². The van der Waals surface area contributed by atoms with Crippen molar-refractivity contribution in [3.05, 3.63) is 56.3 Å². The van der Waals surface area contributed by atoms with Crippen molar-refractivity contribution in [2.45, 2.75) is 26.7 Å². The molecule has 1 aromatic heterocycles. The van der Waals surface area contributed by atoms with Gasteiger partial charge in [0.15, 0.2) is 0 Å². The first-order chi connectivity index (χ1) is 9.01. The Morgan fingerprint density at radius 3 is 2.74 bits per heavy atom. The molecule has 0 bridgehead atoms. The normalized spacial score (nSPS) is 10.7. The van der Waals surface area contributed by atoms with Crippen LogP contribution in [-0.4, -0.2) is 9.97 Å². The number of nitrogens with one attached hydrogen (secondary N) is 1. The number of aryl methyl sites for hydroxylation is 1. The molecule has 19 heavy (non-hydrogen) atoms. The Labute approximate surface area is 121 Å². The highest BCUT2D eigenvalue weighted by Gasteiger charge is 2.07. The highest BCUT2D eigenvalue weighted by Crippen LogP contribution is 2.20. The summed E-state index contributed by atoms with van der Waals surface area (Å²) in [5, 5.41) is 0.401. The highest BCUT2D eigenvalue weighted by atomic mass is 35.5. The van der Waals surface area contributed by atoms with Gasteiger partial charge in [-0.25, -0.2) is 9.37 Å². The summed E-state index contributed by atoms with van der Waals surface area (Å²) in [5.41, 5.74) is 2.91. The van der Waals surface area contributed by atoms with Crippen LogP contribution in [0.2, 0.25) is 5.02 Å². The molecule has 2 rings (SSSR count). The van der Waals surface area contributed by atoms with E-state index in [-0.39, 0.29) is 5.82 Å². The van der Waals surface area contributed by atoms with Crippen LogP contribution in [0.4, 0.5) is 4.39 Å². The van der Waals surface area contributed by atoms with Crippen LogP contribution in [-0.2, 0) is 12.8 Å². The van der Waals surface area contributed by atoms with E-state index in [1.807, 2.05) is 13.8 Å². The molecule has 1 N–H and O–H groups in total. The first kappa shape index (κ1) is 14.2. The maximum Gasteiger partial charge on any atom is 0.133 e. The molecule has 0 aliphatic rings. The maximum absolute atomic E-state index is 13.0. The second kappa shape index (κ2) is 5.80. The predicted molar refractivity (Wildman–Crippen MR) is 77.8 cm³/mol. The van der Waals surface area contributed by atoms with Crippen LogP contribution < -0.4 is 0 Å². The number of rotatable bonds is 3. The monoisotopic (exact) mass is 296 g/mol. The molecule has 0 atom stereocenters. The Kier molecular flexibility index (Phi) is 4.32. The molecule has 0 aliphatic carbocycles. The lowest BCUT2D eigenvalue weighted by Gasteiger charge is -2.08. The Morgan fingerprint density at radius 1 is 1.42 bits per heavy atom. The van der Waals surface area contributed by atoms with Gasteiger partial charge in [-0.2, -0.15) is 0 Å². The van der Waals surface area contributed by atoms with Gasteiger partial charge in [0.2, 0.25) is 0 Å². The summed E-state index contributed by atoms with van der Waals surface area (Å²) in [6.45, 7) is 4.02. The first-order valence-electron chi connectivity index (χ1n) is 6.04. The zero-order valence-corrected chi connectivity index (χ0v) is 12.3. The van der Waals surface area contributed by atoms with Crippen LogP contribution >= 0.6 is 23.8 Å². The van der Waals surface area contributed by atoms with Gasteiger partial charge < -0.3 is 4.98 Å². The highest BCUT2D eigenvalue weighted by molar-refractivity contribution is 7.71. The zero-order chi connectivity index (χ0) is 14.0. The van der Waals surface area contributed by atoms with Crippen LogP contribution in [0.5, 0.6) is 0 Å². The van der Waals surface area contributed by atoms with Crippen LogP contribution in [0.1, 0.15) is 29.6 Å². The fraction of sp³-hybridized carbons (Fsp3) is 0.286. The Bertz CT molecular complexity index is 667. The number of nitrogens with zero attached hydrogens (tertiary/aromatic N) is 1. The average molecular weight is 297 g/mol. The van der Waals surface area contributed by atoms with E-state index in [1.165, 1.54) is 12.1 Å². The number of hydrogen-bond acceptors (Lipinski definition) is 2. The molecule has 5 heteroatoms. The van der Waals surface area contributed by atoms with Gasteiger partial charge in [0.25, 0.3) is 0 Å². The molecule has 2 aromatic rings. The molecular formula is C14H14ClFN2S. The van der Waals surface area contributed by atoms with Crippen molar-refractivity contribution in [3.8, 4) is 0 Å². The molecule has 0 saturated heterocycles. The van der Waals surface area contributed by atoms with E-state index in [2.05, 4.69) is 9.97 Å². The van der Waals surface area contributed by atoms with Gasteiger partial charge in [0, 0.05) is 22.7 Å². The number of aromatic nitrogens is 2. The van der Waals surface area contributed by atoms with Crippen molar-refractivity contribution in [3.63, 3.8) is 0 Å². The molecule has 0 fully saturated rings. The summed E-state index contributed by atoms with van der Waals surface area (Å²) < 4.78 is 13.6. The van der Waals surface area contributed by atoms with Crippen molar-refractivity contribution >= 4 is 23.8 Å². The van der Waals surface area contributed by atoms with E-state index in [9.17, 15) is 4.39 Å². The summed E-state index contributed by atoms with van der Waals surface area (Å²) in [4.78, 5) is 7.60. The number of halogens is 2. The molecule has 0 radical (unpaired) electrons. The molecule has 0 saturated carbocycles. The van der Waals surface area contributed by atoms with Crippen LogP contribution in [0.15, 0.2) is 18.2 Å². The minimum Gasteiger partial charge on any atom is -0.347 e. The summed E-state index contributed by atoms with van der Waals surface area (Å²) in [7, 11) is 0. The molecule has 1 aromatic carbocycles. The van der Waals surface area contributed by atoms with Crippen LogP contribution in [0.25, 0.3) is 0 Å². The average Bonchev–Trinajstić information content (AvgIpc) is 2.32. The Balaban J connectivity index is 2.36. The predicted octanol–water partition coefficient (Wildman–Crippen LogP) is 4.39. The van der Waals surface area contributed by atoms with Gasteiger partial charge in [-0.15, -0.1) is 0 Å². The molecular weight excluding hydrogens is 283 g/mol. The lowest BCUT2D eigenvalue weighted by atomic mass is 10.1. The van der Waals surface area contributed by atoms with E-state index < -0.39 is 0 Å². The summed E-state index contributed by atoms with van der Waals surface area (Å²) in [6, 6.07) is 4.36. The van der Waals surface area contributed by atoms with Gasteiger partial charge in [-0.05, 0) is 31.0 Å². The largest absolute Gasteiger partial charge is 0.347 e. The third-order valence-corrected chi connectivity index (χ3v) is 3.70. The van der Waals surface area contributed by atoms with Crippen molar-refractivity contribution < 1.29 is 4.39 Å². The van der Waals surface area contributed by atoms with Gasteiger partial charge in [-0.3, -0.25) is 0 Å². The number of benzene rings is 1. The third-order valence-electron chi connectivity index (χ3n) is 3.01. The smallest absolute Gasteiger partial charge is 0.133 e. The van der Waals surface area contributed by atoms with E-state index in [0.717, 1.165) is 29.1 Å². The topological polar surface area (TPSA) is 28.7 Å². The van der Waals surface area contributed by atoms with Gasteiger partial charge in [0.1, 0.15) is 16.3 Å². The van der Waals surface area contributed by atoms with Gasteiger partial charge in [0.05, 0.1) is 0 Å². The summed E-state index contributed by atoms with van der Waals surface area (Å²) in [6.07, 6.45) is 1.36. The summed E-state index contributed by atoms with van der Waals surface area (Å²) >= 11 is 11.3. The Hall–Kier alpha value is -1.26. The summed E-state index contributed by atoms with van der Waals surface area (Å²) in [5.74, 6) is 0.403. The van der Waals surface area contributed by atoms with E-state index in [4.69, 9.17) is 23.8 Å². The van der Waals surface area contributed by atoms with E-state index >= 15 is 0 Å². The minimum absolute atomic E-state index is 0.341. The van der Waals surface area contributed by atoms with E-state index in [1.54, 1.807) is 6.07 Å². The molecule has 0 spiro atoms. The maximum atomic E-state index is 13.0. The van der Waals surface area contributed by atoms with Crippen LogP contribution in [0.3, 0.4) is 0 Å². The third kappa shape index (κ3) is 3.19. The number of aromatic amines is 1. The van der Waals surface area contributed by atoms with Gasteiger partial charge >= 0.3 is 0 Å². The van der Waals surface area contributed by atoms with Crippen molar-refractivity contribution in [1.82, 2.24) is 9.97 Å². The molecule has 2 nitrogen and oxygen atoms in total. The van der Waals surface area contributed by atoms with E-state index in [0.29, 0.717) is 16.1 Å². The minimum atomic E-state index is -0.341. The molecule has 0 unspecified atom stereocenters. The second-order valence-electron chi connectivity index (χ2n) is 4.36. The zero-order valence-electron chi connectivity index (χ0n) is 10.8. The fourth-order valence-corrected chi connectivity index (χ4v) is 2.66. The number of H-pyrrole nitrogens is 1. The lowest BCUT2D eigenvalue weighted by Crippen LogP contribution is -2.03. The molecule has 0 amide bonds. The second-order valence-corrected chi connectivity index (χ2v) is 5.15. The van der Waals surface area contributed by atoms with Crippen LogP contribution in [0, 0.1) is 17.4 Å². The molecule has 1 heterocycles. The van der Waals surface area contributed by atoms with Crippen molar-refractivity contribution in [2.75, 3.05) is 0 Å².